The first-order valence-corrected chi connectivity index (χ1v) is 10.1. The second kappa shape index (κ2) is 7.72. The van der Waals surface area contributed by atoms with Crippen LogP contribution in [0.4, 0.5) is 8.78 Å². The van der Waals surface area contributed by atoms with Crippen LogP contribution in [0, 0.1) is 11.6 Å². The number of nitrogens with zero attached hydrogens (tertiary/aromatic N) is 1. The third kappa shape index (κ3) is 3.86. The molecule has 6 heteroatoms. The molecule has 1 saturated heterocycles. The molecule has 1 amide bonds. The van der Waals surface area contributed by atoms with Crippen molar-refractivity contribution in [3.05, 3.63) is 71.4 Å². The number of carbonyl (C=O) groups excluding carboxylic acids is 1. The van der Waals surface area contributed by atoms with Gasteiger partial charge in [0.25, 0.3) is 0 Å². The number of benzene rings is 2. The average molecular weight is 386 g/mol. The largest absolute Gasteiger partial charge is 0.361 e. The van der Waals surface area contributed by atoms with E-state index >= 15 is 0 Å². The lowest BCUT2D eigenvalue weighted by atomic mass is 10.1. The van der Waals surface area contributed by atoms with Gasteiger partial charge in [0.05, 0.1) is 6.42 Å². The van der Waals surface area contributed by atoms with Crippen LogP contribution in [-0.2, 0) is 11.2 Å². The molecule has 0 bridgehead atoms. The Bertz CT molecular complexity index is 972. The Hall–Kier alpha value is -2.34. The zero-order valence-corrected chi connectivity index (χ0v) is 15.6. The van der Waals surface area contributed by atoms with Gasteiger partial charge >= 0.3 is 0 Å². The van der Waals surface area contributed by atoms with E-state index in [1.54, 1.807) is 11.8 Å². The number of aromatic nitrogens is 1. The lowest BCUT2D eigenvalue weighted by Crippen LogP contribution is -2.34. The Morgan fingerprint density at radius 2 is 2.04 bits per heavy atom. The van der Waals surface area contributed by atoms with Crippen molar-refractivity contribution in [2.75, 3.05) is 18.8 Å². The molecule has 1 atom stereocenters. The molecule has 2 heterocycles. The molecule has 4 rings (SSSR count). The molecule has 0 spiro atoms. The maximum atomic E-state index is 14.1. The topological polar surface area (TPSA) is 36.1 Å². The van der Waals surface area contributed by atoms with E-state index in [0.29, 0.717) is 37.2 Å². The number of hydrogen-bond donors (Lipinski definition) is 1. The molecule has 1 aromatic heterocycles. The highest BCUT2D eigenvalue weighted by molar-refractivity contribution is 7.99. The molecule has 0 saturated carbocycles. The summed E-state index contributed by atoms with van der Waals surface area (Å²) in [6.07, 6.45) is 2.85. The van der Waals surface area contributed by atoms with Gasteiger partial charge in [-0.3, -0.25) is 4.79 Å². The smallest absolute Gasteiger partial charge is 0.227 e. The van der Waals surface area contributed by atoms with Gasteiger partial charge in [-0.15, -0.1) is 0 Å². The number of hydrogen-bond acceptors (Lipinski definition) is 2. The molecule has 1 aliphatic heterocycles. The van der Waals surface area contributed by atoms with E-state index in [1.165, 1.54) is 12.1 Å². The molecule has 1 unspecified atom stereocenters. The van der Waals surface area contributed by atoms with Crippen LogP contribution in [0.25, 0.3) is 10.9 Å². The first-order chi connectivity index (χ1) is 13.1. The third-order valence-electron chi connectivity index (χ3n) is 5.02. The van der Waals surface area contributed by atoms with Gasteiger partial charge in [-0.2, -0.15) is 11.8 Å². The highest BCUT2D eigenvalue weighted by Crippen LogP contribution is 2.36. The quantitative estimate of drug-likeness (QED) is 0.709. The fourth-order valence-corrected chi connectivity index (χ4v) is 4.82. The summed E-state index contributed by atoms with van der Waals surface area (Å²) >= 11 is 1.58. The van der Waals surface area contributed by atoms with Crippen LogP contribution in [-0.4, -0.2) is 34.6 Å². The molecule has 3 aromatic rings. The summed E-state index contributed by atoms with van der Waals surface area (Å²) in [4.78, 5) is 17.8. The Balaban J connectivity index is 1.44. The predicted octanol–water partition coefficient (Wildman–Crippen LogP) is 4.70. The monoisotopic (exact) mass is 386 g/mol. The molecular weight excluding hydrogens is 366 g/mol. The predicted molar refractivity (Wildman–Crippen MR) is 105 cm³/mol. The molecule has 1 fully saturated rings. The first kappa shape index (κ1) is 18.0. The molecule has 1 aliphatic rings. The van der Waals surface area contributed by atoms with Crippen molar-refractivity contribution in [1.29, 1.82) is 0 Å². The Morgan fingerprint density at radius 3 is 2.93 bits per heavy atom. The number of carbonyl (C=O) groups is 1. The summed E-state index contributed by atoms with van der Waals surface area (Å²) in [6.45, 7) is 1.17. The molecule has 3 nitrogen and oxygen atoms in total. The van der Waals surface area contributed by atoms with Crippen LogP contribution in [0.5, 0.6) is 0 Å². The number of para-hydroxylation sites is 1. The van der Waals surface area contributed by atoms with E-state index in [4.69, 9.17) is 0 Å². The van der Waals surface area contributed by atoms with Gasteiger partial charge in [0, 0.05) is 46.8 Å². The number of rotatable bonds is 3. The molecular formula is C21H20F2N2OS. The molecule has 140 valence electrons. The SMILES string of the molecule is O=C(Cc1c[nH]c2ccccc12)N1CCSC(c2cc(F)ccc2F)CC1. The number of nitrogens with one attached hydrogen (secondary N) is 1. The van der Waals surface area contributed by atoms with Crippen molar-refractivity contribution >= 4 is 28.6 Å². The number of thioether (sulfide) groups is 1. The maximum absolute atomic E-state index is 14.1. The van der Waals surface area contributed by atoms with Crippen LogP contribution in [0.15, 0.2) is 48.7 Å². The zero-order chi connectivity index (χ0) is 18.8. The van der Waals surface area contributed by atoms with Gasteiger partial charge in [-0.25, -0.2) is 8.78 Å². The average Bonchev–Trinajstić information content (AvgIpc) is 2.91. The Kier molecular flexibility index (Phi) is 5.16. The number of aromatic amines is 1. The first-order valence-electron chi connectivity index (χ1n) is 9.01. The minimum absolute atomic E-state index is 0.0701. The number of H-pyrrole nitrogens is 1. The lowest BCUT2D eigenvalue weighted by Gasteiger charge is -2.20. The van der Waals surface area contributed by atoms with Gasteiger partial charge < -0.3 is 9.88 Å². The van der Waals surface area contributed by atoms with Crippen LogP contribution in [0.3, 0.4) is 0 Å². The second-order valence-electron chi connectivity index (χ2n) is 6.73. The fraction of sp³-hybridized carbons (Fsp3) is 0.286. The van der Waals surface area contributed by atoms with Gasteiger partial charge in [0.1, 0.15) is 11.6 Å². The van der Waals surface area contributed by atoms with E-state index in [0.717, 1.165) is 22.5 Å². The summed E-state index contributed by atoms with van der Waals surface area (Å²) in [6, 6.07) is 11.5. The van der Waals surface area contributed by atoms with E-state index in [-0.39, 0.29) is 17.0 Å². The Morgan fingerprint density at radius 1 is 1.19 bits per heavy atom. The van der Waals surface area contributed by atoms with Crippen molar-refractivity contribution in [3.8, 4) is 0 Å². The molecule has 0 radical (unpaired) electrons. The van der Waals surface area contributed by atoms with E-state index < -0.39 is 5.82 Å². The van der Waals surface area contributed by atoms with Crippen molar-refractivity contribution in [2.45, 2.75) is 18.1 Å². The van der Waals surface area contributed by atoms with Crippen LogP contribution < -0.4 is 0 Å². The molecule has 1 N–H and O–H groups in total. The summed E-state index contributed by atoms with van der Waals surface area (Å²) in [5, 5.41) is 0.932. The van der Waals surface area contributed by atoms with Crippen LogP contribution >= 0.6 is 11.8 Å². The van der Waals surface area contributed by atoms with E-state index in [1.807, 2.05) is 35.4 Å². The van der Waals surface area contributed by atoms with Gasteiger partial charge in [-0.05, 0) is 36.2 Å². The zero-order valence-electron chi connectivity index (χ0n) is 14.8. The van der Waals surface area contributed by atoms with E-state index in [9.17, 15) is 13.6 Å². The van der Waals surface area contributed by atoms with E-state index in [2.05, 4.69) is 4.98 Å². The third-order valence-corrected chi connectivity index (χ3v) is 6.33. The van der Waals surface area contributed by atoms with Crippen molar-refractivity contribution in [2.24, 2.45) is 0 Å². The van der Waals surface area contributed by atoms with Crippen molar-refractivity contribution in [3.63, 3.8) is 0 Å². The summed E-state index contributed by atoms with van der Waals surface area (Å²) in [7, 11) is 0. The van der Waals surface area contributed by atoms with Gasteiger partial charge in [0.15, 0.2) is 0 Å². The van der Waals surface area contributed by atoms with Crippen LogP contribution in [0.2, 0.25) is 0 Å². The fourth-order valence-electron chi connectivity index (χ4n) is 3.58. The number of amides is 1. The molecule has 27 heavy (non-hydrogen) atoms. The highest BCUT2D eigenvalue weighted by atomic mass is 32.2. The minimum atomic E-state index is -0.427. The van der Waals surface area contributed by atoms with Gasteiger partial charge in [-0.1, -0.05) is 18.2 Å². The van der Waals surface area contributed by atoms with Crippen molar-refractivity contribution < 1.29 is 13.6 Å². The summed E-state index contributed by atoms with van der Waals surface area (Å²) in [5.41, 5.74) is 2.40. The van der Waals surface area contributed by atoms with Gasteiger partial charge in [0.2, 0.25) is 5.91 Å². The molecule has 2 aromatic carbocycles. The number of halogens is 2. The van der Waals surface area contributed by atoms with Crippen molar-refractivity contribution in [1.82, 2.24) is 9.88 Å². The standard InChI is InChI=1S/C21H20F2N2OS/c22-15-5-6-18(23)17(12-15)20-7-8-25(9-10-27-20)21(26)11-14-13-24-19-4-2-1-3-16(14)19/h1-6,12-13,20,24H,7-11H2. The normalized spacial score (nSPS) is 17.9. The van der Waals surface area contributed by atoms with Crippen LogP contribution in [0.1, 0.15) is 22.8 Å². The summed E-state index contributed by atoms with van der Waals surface area (Å²) in [5.74, 6) is -0.0306. The second-order valence-corrected chi connectivity index (χ2v) is 8.04. The highest BCUT2D eigenvalue weighted by Gasteiger charge is 2.24. The maximum Gasteiger partial charge on any atom is 0.227 e. The number of fused-ring (bicyclic) bond motifs is 1. The summed E-state index contributed by atoms with van der Waals surface area (Å²) < 4.78 is 27.6. The Labute approximate surface area is 160 Å². The minimum Gasteiger partial charge on any atom is -0.361 e. The lowest BCUT2D eigenvalue weighted by molar-refractivity contribution is -0.130. The molecule has 0 aliphatic carbocycles.